The van der Waals surface area contributed by atoms with E-state index in [9.17, 15) is 5.11 Å². The Hall–Kier alpha value is -0.120. The number of hydrogen-bond donors (Lipinski definition) is 1. The number of rotatable bonds is 4. The average Bonchev–Trinajstić information content (AvgIpc) is 3.10. The zero-order chi connectivity index (χ0) is 13.1. The van der Waals surface area contributed by atoms with Crippen LogP contribution in [0.4, 0.5) is 0 Å². The van der Waals surface area contributed by atoms with Crippen LogP contribution in [0.15, 0.2) is 0 Å². The Labute approximate surface area is 117 Å². The topological polar surface area (TPSA) is 32.7 Å². The maximum atomic E-state index is 9.87. The summed E-state index contributed by atoms with van der Waals surface area (Å²) in [7, 11) is 0. The second-order valence-corrected chi connectivity index (χ2v) is 7.00. The number of ether oxygens (including phenoxy) is 1. The van der Waals surface area contributed by atoms with E-state index in [0.717, 1.165) is 44.6 Å². The van der Waals surface area contributed by atoms with Gasteiger partial charge in [-0.2, -0.15) is 0 Å². The minimum Gasteiger partial charge on any atom is -0.396 e. The molecule has 0 aromatic carbocycles. The molecule has 0 spiro atoms. The Morgan fingerprint density at radius 1 is 1.05 bits per heavy atom. The van der Waals surface area contributed by atoms with E-state index in [1.165, 1.54) is 45.1 Å². The van der Waals surface area contributed by atoms with Gasteiger partial charge >= 0.3 is 0 Å². The zero-order valence-corrected chi connectivity index (χ0v) is 12.1. The van der Waals surface area contributed by atoms with Gasteiger partial charge in [-0.3, -0.25) is 4.90 Å². The first-order valence-corrected chi connectivity index (χ1v) is 8.26. The number of likely N-dealkylation sites (tertiary alicyclic amines) is 1. The summed E-state index contributed by atoms with van der Waals surface area (Å²) >= 11 is 0. The van der Waals surface area contributed by atoms with Crippen LogP contribution >= 0.6 is 0 Å². The van der Waals surface area contributed by atoms with E-state index in [1.54, 1.807) is 0 Å². The summed E-state index contributed by atoms with van der Waals surface area (Å²) < 4.78 is 5.49. The molecule has 1 unspecified atom stereocenters. The van der Waals surface area contributed by atoms with Crippen LogP contribution in [0.2, 0.25) is 0 Å². The lowest BCUT2D eigenvalue weighted by Crippen LogP contribution is -2.47. The molecule has 0 aromatic heterocycles. The molecule has 2 aliphatic heterocycles. The molecule has 1 atom stereocenters. The van der Waals surface area contributed by atoms with Gasteiger partial charge in [0.1, 0.15) is 0 Å². The molecule has 19 heavy (non-hydrogen) atoms. The molecule has 110 valence electrons. The van der Waals surface area contributed by atoms with E-state index in [0.29, 0.717) is 6.61 Å². The third kappa shape index (κ3) is 2.98. The molecule has 2 saturated heterocycles. The fraction of sp³-hybridized carbons (Fsp3) is 1.00. The van der Waals surface area contributed by atoms with Gasteiger partial charge in [0.15, 0.2) is 0 Å². The molecule has 0 amide bonds. The standard InChI is InChI=1S/C16H29NO2/c18-13-16(7-10-19-11-8-16)12-17-9-3-6-15(17)14-4-1-2-5-14/h14-15,18H,1-13H2. The van der Waals surface area contributed by atoms with Crippen molar-refractivity contribution in [1.29, 1.82) is 0 Å². The van der Waals surface area contributed by atoms with Gasteiger partial charge in [-0.1, -0.05) is 12.8 Å². The van der Waals surface area contributed by atoms with Crippen LogP contribution in [0.3, 0.4) is 0 Å². The Kier molecular flexibility index (Phi) is 4.45. The Morgan fingerprint density at radius 3 is 2.47 bits per heavy atom. The van der Waals surface area contributed by atoms with Gasteiger partial charge in [-0.05, 0) is 51.0 Å². The molecule has 3 rings (SSSR count). The van der Waals surface area contributed by atoms with Crippen molar-refractivity contribution in [2.45, 2.75) is 57.4 Å². The molecular weight excluding hydrogens is 238 g/mol. The first-order valence-electron chi connectivity index (χ1n) is 8.26. The lowest BCUT2D eigenvalue weighted by molar-refractivity contribution is -0.0391. The molecule has 3 heteroatoms. The second-order valence-electron chi connectivity index (χ2n) is 7.00. The van der Waals surface area contributed by atoms with Crippen LogP contribution < -0.4 is 0 Å². The quantitative estimate of drug-likeness (QED) is 0.849. The molecule has 1 saturated carbocycles. The summed E-state index contributed by atoms with van der Waals surface area (Å²) in [4.78, 5) is 2.72. The molecule has 1 N–H and O–H groups in total. The van der Waals surface area contributed by atoms with E-state index in [-0.39, 0.29) is 5.41 Å². The summed E-state index contributed by atoms with van der Waals surface area (Å²) in [6.45, 7) is 4.37. The van der Waals surface area contributed by atoms with Gasteiger partial charge in [-0.25, -0.2) is 0 Å². The predicted molar refractivity (Wildman–Crippen MR) is 76.1 cm³/mol. The van der Waals surface area contributed by atoms with Crippen molar-refractivity contribution in [3.05, 3.63) is 0 Å². The monoisotopic (exact) mass is 267 g/mol. The highest BCUT2D eigenvalue weighted by Gasteiger charge is 2.39. The minimum atomic E-state index is 0.124. The number of aliphatic hydroxyl groups excluding tert-OH is 1. The molecule has 2 heterocycles. The molecule has 1 aliphatic carbocycles. The maximum absolute atomic E-state index is 9.87. The highest BCUT2D eigenvalue weighted by Crippen LogP contribution is 2.39. The summed E-state index contributed by atoms with van der Waals surface area (Å²) in [5, 5.41) is 9.87. The molecule has 3 nitrogen and oxygen atoms in total. The van der Waals surface area contributed by atoms with Crippen LogP contribution in [0, 0.1) is 11.3 Å². The van der Waals surface area contributed by atoms with Gasteiger partial charge in [-0.15, -0.1) is 0 Å². The van der Waals surface area contributed by atoms with Gasteiger partial charge in [0.25, 0.3) is 0 Å². The molecule has 0 radical (unpaired) electrons. The number of hydrogen-bond acceptors (Lipinski definition) is 3. The van der Waals surface area contributed by atoms with Gasteiger partial charge in [0.2, 0.25) is 0 Å². The van der Waals surface area contributed by atoms with Gasteiger partial charge in [0, 0.05) is 31.2 Å². The lowest BCUT2D eigenvalue weighted by atomic mass is 9.80. The Balaban J connectivity index is 1.63. The van der Waals surface area contributed by atoms with E-state index >= 15 is 0 Å². The summed E-state index contributed by atoms with van der Waals surface area (Å²) in [6, 6.07) is 0.814. The molecule has 3 fully saturated rings. The van der Waals surface area contributed by atoms with Crippen molar-refractivity contribution in [3.8, 4) is 0 Å². The number of aliphatic hydroxyl groups is 1. The van der Waals surface area contributed by atoms with E-state index in [1.807, 2.05) is 0 Å². The third-order valence-corrected chi connectivity index (χ3v) is 5.79. The van der Waals surface area contributed by atoms with E-state index in [2.05, 4.69) is 4.90 Å². The smallest absolute Gasteiger partial charge is 0.0501 e. The first kappa shape index (κ1) is 13.8. The van der Waals surface area contributed by atoms with E-state index < -0.39 is 0 Å². The second kappa shape index (κ2) is 6.11. The Bertz CT molecular complexity index is 282. The summed E-state index contributed by atoms with van der Waals surface area (Å²) in [5.74, 6) is 0.943. The maximum Gasteiger partial charge on any atom is 0.0501 e. The fourth-order valence-electron chi connectivity index (χ4n) is 4.53. The first-order chi connectivity index (χ1) is 9.33. The van der Waals surface area contributed by atoms with Crippen molar-refractivity contribution >= 4 is 0 Å². The third-order valence-electron chi connectivity index (χ3n) is 5.79. The van der Waals surface area contributed by atoms with Crippen molar-refractivity contribution < 1.29 is 9.84 Å². The van der Waals surface area contributed by atoms with Crippen LogP contribution in [0.5, 0.6) is 0 Å². The summed E-state index contributed by atoms with van der Waals surface area (Å²) in [6.07, 6.45) is 10.6. The number of nitrogens with zero attached hydrogens (tertiary/aromatic N) is 1. The van der Waals surface area contributed by atoms with Gasteiger partial charge < -0.3 is 9.84 Å². The van der Waals surface area contributed by atoms with Gasteiger partial charge in [0.05, 0.1) is 6.61 Å². The molecule has 0 bridgehead atoms. The SMILES string of the molecule is OCC1(CN2CCCC2C2CCCC2)CCOCC1. The van der Waals surface area contributed by atoms with Crippen LogP contribution in [0.25, 0.3) is 0 Å². The van der Waals surface area contributed by atoms with Crippen molar-refractivity contribution in [2.75, 3.05) is 32.9 Å². The average molecular weight is 267 g/mol. The van der Waals surface area contributed by atoms with E-state index in [4.69, 9.17) is 4.74 Å². The van der Waals surface area contributed by atoms with Crippen molar-refractivity contribution in [2.24, 2.45) is 11.3 Å². The van der Waals surface area contributed by atoms with Crippen LogP contribution in [-0.4, -0.2) is 49.0 Å². The fourth-order valence-corrected chi connectivity index (χ4v) is 4.53. The molecular formula is C16H29NO2. The highest BCUT2D eigenvalue weighted by atomic mass is 16.5. The lowest BCUT2D eigenvalue weighted by Gasteiger charge is -2.41. The minimum absolute atomic E-state index is 0.124. The largest absolute Gasteiger partial charge is 0.396 e. The van der Waals surface area contributed by atoms with Crippen molar-refractivity contribution in [1.82, 2.24) is 4.90 Å². The normalized spacial score (nSPS) is 33.0. The molecule has 0 aromatic rings. The van der Waals surface area contributed by atoms with Crippen LogP contribution in [0.1, 0.15) is 51.4 Å². The Morgan fingerprint density at radius 2 is 1.79 bits per heavy atom. The predicted octanol–water partition coefficient (Wildman–Crippen LogP) is 2.43. The van der Waals surface area contributed by atoms with Crippen LogP contribution in [-0.2, 0) is 4.74 Å². The van der Waals surface area contributed by atoms with Crippen molar-refractivity contribution in [3.63, 3.8) is 0 Å². The molecule has 3 aliphatic rings. The summed E-state index contributed by atoms with van der Waals surface area (Å²) in [5.41, 5.74) is 0.124. The zero-order valence-electron chi connectivity index (χ0n) is 12.1. The highest BCUT2D eigenvalue weighted by molar-refractivity contribution is 4.92.